The molecule has 0 aliphatic heterocycles. The van der Waals surface area contributed by atoms with E-state index >= 15 is 0 Å². The van der Waals surface area contributed by atoms with Gasteiger partial charge < -0.3 is 15.0 Å². The van der Waals surface area contributed by atoms with E-state index in [0.717, 1.165) is 89.9 Å². The Morgan fingerprint density at radius 3 is 2.42 bits per heavy atom. The Balaban J connectivity index is 1.80. The number of imidazole rings is 1. The standard InChI is InChI=1S/C28H36N4O/c1-5-8-9-25-31-26-27(32(25)18-19(4)7-3)23-15-12-21(17-24(23)30-28(26)29)20-10-13-22(14-11-20)33-16-6-2/h10-15,17,19H,5-9,16,18H2,1-4H3,(H2,29,30). The monoisotopic (exact) mass is 444 g/mol. The van der Waals surface area contributed by atoms with Crippen LogP contribution >= 0.6 is 0 Å². The Hall–Kier alpha value is -3.08. The van der Waals surface area contributed by atoms with Crippen LogP contribution in [0.1, 0.15) is 59.2 Å². The first kappa shape index (κ1) is 23.1. The highest BCUT2D eigenvalue weighted by Gasteiger charge is 2.18. The van der Waals surface area contributed by atoms with Gasteiger partial charge in [-0.15, -0.1) is 0 Å². The Morgan fingerprint density at radius 2 is 1.73 bits per heavy atom. The summed E-state index contributed by atoms with van der Waals surface area (Å²) in [4.78, 5) is 9.72. The third-order valence-electron chi connectivity index (χ3n) is 6.39. The van der Waals surface area contributed by atoms with Gasteiger partial charge in [0, 0.05) is 18.4 Å². The topological polar surface area (TPSA) is 66.0 Å². The van der Waals surface area contributed by atoms with Crippen molar-refractivity contribution < 1.29 is 4.74 Å². The SMILES string of the molecule is CCCCc1nc2c(N)nc3cc(-c4ccc(OCCC)cc4)ccc3c2n1CC(C)CC. The number of nitrogens with zero attached hydrogens (tertiary/aromatic N) is 3. The lowest BCUT2D eigenvalue weighted by atomic mass is 10.0. The first-order valence-electron chi connectivity index (χ1n) is 12.4. The van der Waals surface area contributed by atoms with Gasteiger partial charge in [-0.3, -0.25) is 0 Å². The van der Waals surface area contributed by atoms with E-state index in [4.69, 9.17) is 20.4 Å². The summed E-state index contributed by atoms with van der Waals surface area (Å²) in [6.45, 7) is 10.6. The molecule has 4 aromatic rings. The molecular formula is C28H36N4O. The van der Waals surface area contributed by atoms with E-state index in [-0.39, 0.29) is 0 Å². The maximum absolute atomic E-state index is 6.45. The summed E-state index contributed by atoms with van der Waals surface area (Å²) in [5.74, 6) is 3.11. The molecule has 0 saturated heterocycles. The van der Waals surface area contributed by atoms with Gasteiger partial charge in [-0.25, -0.2) is 9.97 Å². The average molecular weight is 445 g/mol. The minimum atomic E-state index is 0.513. The molecule has 1 unspecified atom stereocenters. The quantitative estimate of drug-likeness (QED) is 0.286. The molecule has 0 amide bonds. The molecule has 5 heteroatoms. The molecule has 33 heavy (non-hydrogen) atoms. The van der Waals surface area contributed by atoms with Crippen molar-refractivity contribution in [3.8, 4) is 16.9 Å². The summed E-state index contributed by atoms with van der Waals surface area (Å²) in [6.07, 6.45) is 5.37. The molecule has 0 fully saturated rings. The fourth-order valence-corrected chi connectivity index (χ4v) is 4.26. The predicted molar refractivity (Wildman–Crippen MR) is 139 cm³/mol. The Morgan fingerprint density at radius 1 is 0.970 bits per heavy atom. The highest BCUT2D eigenvalue weighted by Crippen LogP contribution is 2.33. The zero-order valence-corrected chi connectivity index (χ0v) is 20.4. The van der Waals surface area contributed by atoms with Crippen molar-refractivity contribution in [2.24, 2.45) is 5.92 Å². The van der Waals surface area contributed by atoms with Gasteiger partial charge >= 0.3 is 0 Å². The van der Waals surface area contributed by atoms with E-state index in [9.17, 15) is 0 Å². The van der Waals surface area contributed by atoms with Crippen LogP contribution in [0, 0.1) is 5.92 Å². The third-order valence-corrected chi connectivity index (χ3v) is 6.39. The lowest BCUT2D eigenvalue weighted by Crippen LogP contribution is -2.10. The Kier molecular flexibility index (Phi) is 7.17. The molecule has 4 rings (SSSR count). The number of fused-ring (bicyclic) bond motifs is 3. The van der Waals surface area contributed by atoms with Crippen LogP contribution in [0.5, 0.6) is 5.75 Å². The molecule has 0 aliphatic carbocycles. The highest BCUT2D eigenvalue weighted by molar-refractivity contribution is 6.07. The van der Waals surface area contributed by atoms with Gasteiger partial charge in [-0.1, -0.05) is 64.8 Å². The molecule has 1 atom stereocenters. The fraction of sp³-hybridized carbons (Fsp3) is 0.429. The third kappa shape index (κ3) is 4.82. The summed E-state index contributed by atoms with van der Waals surface area (Å²) < 4.78 is 8.13. The summed E-state index contributed by atoms with van der Waals surface area (Å²) in [7, 11) is 0. The number of unbranched alkanes of at least 4 members (excludes halogenated alkanes) is 1. The summed E-state index contributed by atoms with van der Waals surface area (Å²) in [5, 5.41) is 1.12. The molecule has 0 spiro atoms. The number of hydrogen-bond donors (Lipinski definition) is 1. The smallest absolute Gasteiger partial charge is 0.152 e. The van der Waals surface area contributed by atoms with Crippen molar-refractivity contribution in [1.29, 1.82) is 0 Å². The summed E-state index contributed by atoms with van der Waals surface area (Å²) in [6, 6.07) is 14.8. The number of pyridine rings is 1. The van der Waals surface area contributed by atoms with E-state index in [1.807, 2.05) is 12.1 Å². The first-order chi connectivity index (χ1) is 16.0. The van der Waals surface area contributed by atoms with Crippen LogP contribution in [0.2, 0.25) is 0 Å². The zero-order chi connectivity index (χ0) is 23.4. The van der Waals surface area contributed by atoms with Gasteiger partial charge in [0.15, 0.2) is 5.82 Å². The lowest BCUT2D eigenvalue weighted by molar-refractivity contribution is 0.317. The second-order valence-electron chi connectivity index (χ2n) is 9.05. The van der Waals surface area contributed by atoms with E-state index in [1.54, 1.807) is 0 Å². The molecule has 0 aliphatic rings. The average Bonchev–Trinajstić information content (AvgIpc) is 3.20. The molecule has 2 aromatic heterocycles. The van der Waals surface area contributed by atoms with Crippen LogP contribution in [0.15, 0.2) is 42.5 Å². The molecule has 2 N–H and O–H groups in total. The minimum absolute atomic E-state index is 0.513. The first-order valence-corrected chi connectivity index (χ1v) is 12.4. The highest BCUT2D eigenvalue weighted by atomic mass is 16.5. The lowest BCUT2D eigenvalue weighted by Gasteiger charge is -2.15. The van der Waals surface area contributed by atoms with Crippen molar-refractivity contribution in [1.82, 2.24) is 14.5 Å². The van der Waals surface area contributed by atoms with Gasteiger partial charge in [-0.05, 0) is 48.1 Å². The van der Waals surface area contributed by atoms with E-state index < -0.39 is 0 Å². The van der Waals surface area contributed by atoms with Gasteiger partial charge in [0.2, 0.25) is 0 Å². The summed E-state index contributed by atoms with van der Waals surface area (Å²) in [5.41, 5.74) is 11.6. The number of anilines is 1. The van der Waals surface area contributed by atoms with Crippen LogP contribution in [-0.4, -0.2) is 21.1 Å². The molecule has 0 radical (unpaired) electrons. The molecule has 0 bridgehead atoms. The largest absolute Gasteiger partial charge is 0.494 e. The molecule has 2 heterocycles. The van der Waals surface area contributed by atoms with Gasteiger partial charge in [0.25, 0.3) is 0 Å². The van der Waals surface area contributed by atoms with E-state index in [0.29, 0.717) is 11.7 Å². The van der Waals surface area contributed by atoms with Crippen LogP contribution in [0.25, 0.3) is 33.1 Å². The zero-order valence-electron chi connectivity index (χ0n) is 20.4. The van der Waals surface area contributed by atoms with Crippen molar-refractivity contribution in [3.63, 3.8) is 0 Å². The molecule has 0 saturated carbocycles. The number of nitrogen functional groups attached to an aromatic ring is 1. The number of ether oxygens (including phenoxy) is 1. The van der Waals surface area contributed by atoms with Gasteiger partial charge in [-0.2, -0.15) is 0 Å². The van der Waals surface area contributed by atoms with Gasteiger partial charge in [0.1, 0.15) is 17.1 Å². The predicted octanol–water partition coefficient (Wildman–Crippen LogP) is 7.01. The normalized spacial score (nSPS) is 12.5. The van der Waals surface area contributed by atoms with Crippen molar-refractivity contribution >= 4 is 27.8 Å². The Bertz CT molecular complexity index is 1230. The maximum Gasteiger partial charge on any atom is 0.152 e. The fourth-order valence-electron chi connectivity index (χ4n) is 4.26. The number of aromatic nitrogens is 3. The van der Waals surface area contributed by atoms with Crippen LogP contribution in [0.4, 0.5) is 5.82 Å². The Labute approximate surface area is 197 Å². The second-order valence-corrected chi connectivity index (χ2v) is 9.05. The number of nitrogens with two attached hydrogens (primary N) is 1. The molecule has 5 nitrogen and oxygen atoms in total. The number of hydrogen-bond acceptors (Lipinski definition) is 4. The number of benzene rings is 2. The number of aryl methyl sites for hydroxylation is 1. The van der Waals surface area contributed by atoms with E-state index in [1.165, 1.54) is 0 Å². The van der Waals surface area contributed by atoms with Crippen LogP contribution in [0.3, 0.4) is 0 Å². The van der Waals surface area contributed by atoms with Crippen molar-refractivity contribution in [3.05, 3.63) is 48.3 Å². The minimum Gasteiger partial charge on any atom is -0.494 e. The summed E-state index contributed by atoms with van der Waals surface area (Å²) >= 11 is 0. The molecular weight excluding hydrogens is 408 g/mol. The van der Waals surface area contributed by atoms with E-state index in [2.05, 4.69) is 62.6 Å². The van der Waals surface area contributed by atoms with Crippen LogP contribution < -0.4 is 10.5 Å². The van der Waals surface area contributed by atoms with Gasteiger partial charge in [0.05, 0.1) is 17.6 Å². The van der Waals surface area contributed by atoms with Crippen molar-refractivity contribution in [2.45, 2.75) is 66.3 Å². The molecule has 2 aromatic carbocycles. The van der Waals surface area contributed by atoms with Crippen LogP contribution in [-0.2, 0) is 13.0 Å². The molecule has 174 valence electrons. The van der Waals surface area contributed by atoms with Crippen molar-refractivity contribution in [2.75, 3.05) is 12.3 Å². The number of rotatable bonds is 10. The maximum atomic E-state index is 6.45. The second kappa shape index (κ2) is 10.2.